The second-order valence-electron chi connectivity index (χ2n) is 5.86. The summed E-state index contributed by atoms with van der Waals surface area (Å²) in [7, 11) is 2.53. The first-order valence-corrected chi connectivity index (χ1v) is 6.45. The molecular formula is C13H26BO. The Morgan fingerprint density at radius 1 is 1.07 bits per heavy atom. The summed E-state index contributed by atoms with van der Waals surface area (Å²) >= 11 is 0. The normalized spacial score (nSPS) is 26.1. The summed E-state index contributed by atoms with van der Waals surface area (Å²) in [5.41, 5.74) is 0. The van der Waals surface area contributed by atoms with E-state index in [1.165, 1.54) is 12.8 Å². The number of epoxide rings is 1. The molecule has 4 unspecified atom stereocenters. The minimum Gasteiger partial charge on any atom is -0.373 e. The van der Waals surface area contributed by atoms with Gasteiger partial charge in [0.15, 0.2) is 0 Å². The van der Waals surface area contributed by atoms with Crippen molar-refractivity contribution < 1.29 is 4.74 Å². The van der Waals surface area contributed by atoms with E-state index in [9.17, 15) is 0 Å². The molecule has 1 nitrogen and oxygen atoms in total. The molecule has 0 N–H and O–H groups in total. The van der Waals surface area contributed by atoms with Gasteiger partial charge in [-0.15, -0.1) is 0 Å². The van der Waals surface area contributed by atoms with E-state index < -0.39 is 0 Å². The Bertz CT molecular complexity index is 177. The molecule has 0 aliphatic carbocycles. The third kappa shape index (κ3) is 5.60. The van der Waals surface area contributed by atoms with Gasteiger partial charge in [0.05, 0.1) is 12.7 Å². The zero-order chi connectivity index (χ0) is 11.4. The lowest BCUT2D eigenvalue weighted by Crippen LogP contribution is -2.13. The lowest BCUT2D eigenvalue weighted by atomic mass is 9.52. The third-order valence-electron chi connectivity index (χ3n) is 3.24. The van der Waals surface area contributed by atoms with Gasteiger partial charge in [0.2, 0.25) is 0 Å². The molecule has 1 heterocycles. The van der Waals surface area contributed by atoms with Crippen molar-refractivity contribution in [1.82, 2.24) is 0 Å². The molecule has 0 aromatic heterocycles. The zero-order valence-electron chi connectivity index (χ0n) is 11.0. The molecule has 0 amide bonds. The van der Waals surface area contributed by atoms with Crippen molar-refractivity contribution in [3.63, 3.8) is 0 Å². The van der Waals surface area contributed by atoms with Crippen molar-refractivity contribution in [2.24, 2.45) is 11.8 Å². The molecule has 4 atom stereocenters. The summed E-state index contributed by atoms with van der Waals surface area (Å²) in [6, 6.07) is 0. The van der Waals surface area contributed by atoms with Crippen LogP contribution in [-0.4, -0.2) is 20.0 Å². The van der Waals surface area contributed by atoms with E-state index in [1.54, 1.807) is 0 Å². The molecule has 0 aromatic rings. The molecule has 1 rings (SSSR count). The largest absolute Gasteiger partial charge is 0.373 e. The van der Waals surface area contributed by atoms with E-state index in [1.807, 2.05) is 0 Å². The lowest BCUT2D eigenvalue weighted by molar-refractivity contribution is 0.329. The predicted molar refractivity (Wildman–Crippen MR) is 67.6 cm³/mol. The summed E-state index contributed by atoms with van der Waals surface area (Å²) < 4.78 is 5.33. The van der Waals surface area contributed by atoms with Crippen molar-refractivity contribution in [2.45, 2.75) is 65.2 Å². The third-order valence-corrected chi connectivity index (χ3v) is 3.24. The maximum Gasteiger partial charge on any atom is 0.117 e. The Kier molecular flexibility index (Phi) is 5.18. The Morgan fingerprint density at radius 3 is 2.07 bits per heavy atom. The standard InChI is InChI=1S/C13H26BO/c1-9(2)6-11(4)14-12(5)7-10(3)13-8-15-13/h9-13H,6-8H2,1-5H3. The number of hydrogen-bond donors (Lipinski definition) is 0. The molecular weight excluding hydrogens is 183 g/mol. The fraction of sp³-hybridized carbons (Fsp3) is 1.00. The Labute approximate surface area is 96.2 Å². The van der Waals surface area contributed by atoms with Crippen LogP contribution in [0.15, 0.2) is 0 Å². The van der Waals surface area contributed by atoms with E-state index in [0.717, 1.165) is 30.1 Å². The number of rotatable bonds is 7. The van der Waals surface area contributed by atoms with Gasteiger partial charge in [-0.2, -0.15) is 0 Å². The topological polar surface area (TPSA) is 12.5 Å². The van der Waals surface area contributed by atoms with Gasteiger partial charge >= 0.3 is 0 Å². The van der Waals surface area contributed by atoms with Gasteiger partial charge in [0.1, 0.15) is 7.28 Å². The highest BCUT2D eigenvalue weighted by Gasteiger charge is 2.30. The average molecular weight is 209 g/mol. The first kappa shape index (κ1) is 13.1. The first-order chi connectivity index (χ1) is 6.99. The molecule has 0 aromatic carbocycles. The fourth-order valence-corrected chi connectivity index (χ4v) is 2.58. The van der Waals surface area contributed by atoms with Crippen molar-refractivity contribution >= 4 is 7.28 Å². The quantitative estimate of drug-likeness (QED) is 0.459. The molecule has 1 radical (unpaired) electrons. The first-order valence-electron chi connectivity index (χ1n) is 6.45. The van der Waals surface area contributed by atoms with E-state index in [-0.39, 0.29) is 0 Å². The summed E-state index contributed by atoms with van der Waals surface area (Å²) in [5, 5.41) is 0. The highest BCUT2D eigenvalue weighted by Crippen LogP contribution is 2.30. The van der Waals surface area contributed by atoms with Gasteiger partial charge < -0.3 is 4.74 Å². The maximum absolute atomic E-state index is 5.33. The smallest absolute Gasteiger partial charge is 0.117 e. The molecule has 0 bridgehead atoms. The second kappa shape index (κ2) is 5.93. The highest BCUT2D eigenvalue weighted by atomic mass is 16.6. The molecule has 87 valence electrons. The molecule has 1 aliphatic heterocycles. The Balaban J connectivity index is 2.13. The van der Waals surface area contributed by atoms with Gasteiger partial charge in [-0.1, -0.05) is 59.1 Å². The predicted octanol–water partition coefficient (Wildman–Crippen LogP) is 3.78. The maximum atomic E-state index is 5.33. The van der Waals surface area contributed by atoms with E-state index in [0.29, 0.717) is 6.10 Å². The zero-order valence-corrected chi connectivity index (χ0v) is 11.0. The van der Waals surface area contributed by atoms with Crippen LogP contribution >= 0.6 is 0 Å². The average Bonchev–Trinajstić information content (AvgIpc) is 2.82. The summed E-state index contributed by atoms with van der Waals surface area (Å²) in [6.45, 7) is 12.6. The van der Waals surface area contributed by atoms with Crippen LogP contribution < -0.4 is 0 Å². The van der Waals surface area contributed by atoms with Crippen molar-refractivity contribution in [3.8, 4) is 0 Å². The minimum atomic E-state index is 0.571. The molecule has 1 saturated heterocycles. The van der Waals surface area contributed by atoms with Gasteiger partial charge in [0, 0.05) is 0 Å². The van der Waals surface area contributed by atoms with Crippen LogP contribution in [-0.2, 0) is 4.74 Å². The van der Waals surface area contributed by atoms with E-state index >= 15 is 0 Å². The minimum absolute atomic E-state index is 0.571. The summed E-state index contributed by atoms with van der Waals surface area (Å²) in [5.74, 6) is 3.04. The van der Waals surface area contributed by atoms with Crippen LogP contribution in [0, 0.1) is 11.8 Å². The van der Waals surface area contributed by atoms with Gasteiger partial charge in [0.25, 0.3) is 0 Å². The van der Waals surface area contributed by atoms with E-state index in [2.05, 4.69) is 41.9 Å². The summed E-state index contributed by atoms with van der Waals surface area (Å²) in [6.07, 6.45) is 3.17. The molecule has 1 fully saturated rings. The molecule has 2 heteroatoms. The molecule has 15 heavy (non-hydrogen) atoms. The monoisotopic (exact) mass is 209 g/mol. The second-order valence-corrected chi connectivity index (χ2v) is 5.86. The molecule has 0 spiro atoms. The van der Waals surface area contributed by atoms with Crippen molar-refractivity contribution in [2.75, 3.05) is 6.61 Å². The highest BCUT2D eigenvalue weighted by molar-refractivity contribution is 6.39. The van der Waals surface area contributed by atoms with Gasteiger partial charge in [-0.05, 0) is 11.8 Å². The van der Waals surface area contributed by atoms with Crippen LogP contribution in [0.4, 0.5) is 0 Å². The van der Waals surface area contributed by atoms with Crippen LogP contribution in [0.1, 0.15) is 47.5 Å². The fourth-order valence-electron chi connectivity index (χ4n) is 2.58. The molecule has 1 aliphatic rings. The van der Waals surface area contributed by atoms with Crippen molar-refractivity contribution in [3.05, 3.63) is 0 Å². The van der Waals surface area contributed by atoms with E-state index in [4.69, 9.17) is 4.74 Å². The Morgan fingerprint density at radius 2 is 1.60 bits per heavy atom. The van der Waals surface area contributed by atoms with Crippen LogP contribution in [0.2, 0.25) is 11.6 Å². The van der Waals surface area contributed by atoms with Gasteiger partial charge in [-0.25, -0.2) is 0 Å². The summed E-state index contributed by atoms with van der Waals surface area (Å²) in [4.78, 5) is 0. The van der Waals surface area contributed by atoms with Crippen LogP contribution in [0.25, 0.3) is 0 Å². The van der Waals surface area contributed by atoms with Crippen LogP contribution in [0.3, 0.4) is 0 Å². The Hall–Kier alpha value is 0.0249. The lowest BCUT2D eigenvalue weighted by Gasteiger charge is -2.19. The van der Waals surface area contributed by atoms with Crippen molar-refractivity contribution in [1.29, 1.82) is 0 Å². The van der Waals surface area contributed by atoms with Crippen LogP contribution in [0.5, 0.6) is 0 Å². The van der Waals surface area contributed by atoms with Gasteiger partial charge in [-0.3, -0.25) is 0 Å². The number of hydrogen-bond acceptors (Lipinski definition) is 1. The molecule has 0 saturated carbocycles. The number of ether oxygens (including phenoxy) is 1. The SMILES string of the molecule is CC(C)CC(C)[B]C(C)CC(C)C1CO1.